The molecule has 1 saturated heterocycles. The Morgan fingerprint density at radius 2 is 2.29 bits per heavy atom. The van der Waals surface area contributed by atoms with Crippen molar-refractivity contribution >= 4 is 23.2 Å². The molecule has 1 aromatic carbocycles. The van der Waals surface area contributed by atoms with Crippen LogP contribution >= 0.6 is 11.6 Å². The number of hydrogen-bond acceptors (Lipinski definition) is 4. The summed E-state index contributed by atoms with van der Waals surface area (Å²) in [5.41, 5.74) is -0.131. The second kappa shape index (κ2) is 6.87. The quantitative estimate of drug-likeness (QED) is 0.684. The number of nitro benzene ring substituents is 1. The summed E-state index contributed by atoms with van der Waals surface area (Å²) in [6.07, 6.45) is 2.88. The van der Waals surface area contributed by atoms with Crippen molar-refractivity contribution in [2.45, 2.75) is 25.3 Å². The van der Waals surface area contributed by atoms with E-state index in [2.05, 4.69) is 5.32 Å². The standard InChI is InChI=1S/C14H18ClN3O3/c1-16-9-11-4-2-3-7-17(11)14(19)12-8-10(15)5-6-13(12)18(20)21/h5-6,8,11,16H,2-4,7,9H2,1H3. The smallest absolute Gasteiger partial charge is 0.282 e. The van der Waals surface area contributed by atoms with Gasteiger partial charge in [-0.3, -0.25) is 14.9 Å². The largest absolute Gasteiger partial charge is 0.334 e. The van der Waals surface area contributed by atoms with E-state index in [1.807, 2.05) is 7.05 Å². The van der Waals surface area contributed by atoms with Crippen molar-refractivity contribution < 1.29 is 9.72 Å². The normalized spacial score (nSPS) is 18.6. The number of nitro groups is 1. The van der Waals surface area contributed by atoms with Crippen molar-refractivity contribution in [1.29, 1.82) is 0 Å². The summed E-state index contributed by atoms with van der Waals surface area (Å²) >= 11 is 5.90. The Morgan fingerprint density at radius 3 is 2.95 bits per heavy atom. The van der Waals surface area contributed by atoms with Crippen molar-refractivity contribution in [2.24, 2.45) is 0 Å². The number of carbonyl (C=O) groups excluding carboxylic acids is 1. The average Bonchev–Trinajstić information content (AvgIpc) is 2.47. The molecule has 6 nitrogen and oxygen atoms in total. The van der Waals surface area contributed by atoms with Crippen molar-refractivity contribution in [3.63, 3.8) is 0 Å². The van der Waals surface area contributed by atoms with E-state index in [1.54, 1.807) is 4.90 Å². The topological polar surface area (TPSA) is 75.5 Å². The van der Waals surface area contributed by atoms with Gasteiger partial charge in [0.05, 0.1) is 4.92 Å². The molecule has 1 unspecified atom stereocenters. The van der Waals surface area contributed by atoms with E-state index in [0.29, 0.717) is 18.1 Å². The summed E-state index contributed by atoms with van der Waals surface area (Å²) in [4.78, 5) is 25.0. The van der Waals surface area contributed by atoms with E-state index in [0.717, 1.165) is 19.3 Å². The first kappa shape index (κ1) is 15.7. The minimum Gasteiger partial charge on any atom is -0.334 e. The molecule has 0 aliphatic carbocycles. The third-order valence-corrected chi connectivity index (χ3v) is 3.95. The van der Waals surface area contributed by atoms with Gasteiger partial charge in [0, 0.05) is 30.2 Å². The minimum absolute atomic E-state index is 0.0647. The Balaban J connectivity index is 2.33. The fourth-order valence-electron chi connectivity index (χ4n) is 2.71. The molecule has 0 saturated carbocycles. The van der Waals surface area contributed by atoms with Crippen LogP contribution in [0.15, 0.2) is 18.2 Å². The Morgan fingerprint density at radius 1 is 1.52 bits per heavy atom. The lowest BCUT2D eigenvalue weighted by molar-refractivity contribution is -0.385. The lowest BCUT2D eigenvalue weighted by Crippen LogP contribution is -2.48. The molecule has 1 amide bonds. The van der Waals surface area contributed by atoms with Crippen LogP contribution in [0.3, 0.4) is 0 Å². The molecule has 1 aromatic rings. The zero-order valence-corrected chi connectivity index (χ0v) is 12.6. The SMILES string of the molecule is CNCC1CCCCN1C(=O)c1cc(Cl)ccc1[N+](=O)[O-]. The zero-order valence-electron chi connectivity index (χ0n) is 11.8. The molecule has 1 fully saturated rings. The van der Waals surface area contributed by atoms with E-state index in [4.69, 9.17) is 11.6 Å². The van der Waals surface area contributed by atoms with Crippen LogP contribution in [0.5, 0.6) is 0 Å². The van der Waals surface area contributed by atoms with Gasteiger partial charge >= 0.3 is 0 Å². The van der Waals surface area contributed by atoms with E-state index < -0.39 is 4.92 Å². The molecule has 2 rings (SSSR count). The summed E-state index contributed by atoms with van der Waals surface area (Å²) < 4.78 is 0. The highest BCUT2D eigenvalue weighted by molar-refractivity contribution is 6.31. The number of likely N-dealkylation sites (tertiary alicyclic amines) is 1. The predicted molar refractivity (Wildman–Crippen MR) is 80.7 cm³/mol. The van der Waals surface area contributed by atoms with Gasteiger partial charge < -0.3 is 10.2 Å². The molecular formula is C14H18ClN3O3. The Labute approximate surface area is 128 Å². The molecule has 21 heavy (non-hydrogen) atoms. The van der Waals surface area contributed by atoms with E-state index in [9.17, 15) is 14.9 Å². The highest BCUT2D eigenvalue weighted by Gasteiger charge is 2.31. The fourth-order valence-corrected chi connectivity index (χ4v) is 2.88. The van der Waals surface area contributed by atoms with Crippen LogP contribution in [0.2, 0.25) is 5.02 Å². The molecule has 1 heterocycles. The van der Waals surface area contributed by atoms with Gasteiger partial charge in [-0.05, 0) is 38.4 Å². The summed E-state index contributed by atoms with van der Waals surface area (Å²) in [6.45, 7) is 1.30. The molecule has 0 aromatic heterocycles. The molecule has 1 aliphatic rings. The molecule has 1 N–H and O–H groups in total. The van der Waals surface area contributed by atoms with Crippen molar-refractivity contribution in [2.75, 3.05) is 20.1 Å². The monoisotopic (exact) mass is 311 g/mol. The Bertz CT molecular complexity index is 548. The van der Waals surface area contributed by atoms with Gasteiger partial charge in [0.25, 0.3) is 11.6 Å². The highest BCUT2D eigenvalue weighted by Crippen LogP contribution is 2.27. The number of likely N-dealkylation sites (N-methyl/N-ethyl adjacent to an activating group) is 1. The van der Waals surface area contributed by atoms with Gasteiger partial charge in [0.1, 0.15) is 5.56 Å². The van der Waals surface area contributed by atoms with Gasteiger partial charge in [0.15, 0.2) is 0 Å². The number of piperidine rings is 1. The number of benzene rings is 1. The van der Waals surface area contributed by atoms with Crippen LogP contribution in [0.4, 0.5) is 5.69 Å². The van der Waals surface area contributed by atoms with Gasteiger partial charge in [0.2, 0.25) is 0 Å². The number of nitrogens with zero attached hydrogens (tertiary/aromatic N) is 2. The zero-order chi connectivity index (χ0) is 15.4. The van der Waals surface area contributed by atoms with Crippen LogP contribution in [-0.4, -0.2) is 41.9 Å². The molecule has 114 valence electrons. The number of rotatable bonds is 4. The van der Waals surface area contributed by atoms with Gasteiger partial charge in [-0.25, -0.2) is 0 Å². The number of amides is 1. The maximum atomic E-state index is 12.7. The third-order valence-electron chi connectivity index (χ3n) is 3.71. The van der Waals surface area contributed by atoms with Crippen LogP contribution < -0.4 is 5.32 Å². The highest BCUT2D eigenvalue weighted by atomic mass is 35.5. The summed E-state index contributed by atoms with van der Waals surface area (Å²) in [7, 11) is 1.83. The molecule has 0 bridgehead atoms. The van der Waals surface area contributed by atoms with Crippen LogP contribution in [0.25, 0.3) is 0 Å². The van der Waals surface area contributed by atoms with Crippen LogP contribution in [0.1, 0.15) is 29.6 Å². The first-order chi connectivity index (χ1) is 10.0. The summed E-state index contributed by atoms with van der Waals surface area (Å²) in [5, 5.41) is 14.5. The number of nitrogens with one attached hydrogen (secondary N) is 1. The van der Waals surface area contributed by atoms with Crippen molar-refractivity contribution in [3.05, 3.63) is 38.9 Å². The maximum Gasteiger partial charge on any atom is 0.282 e. The minimum atomic E-state index is -0.541. The summed E-state index contributed by atoms with van der Waals surface area (Å²) in [5.74, 6) is -0.316. The van der Waals surface area contributed by atoms with Gasteiger partial charge in [-0.2, -0.15) is 0 Å². The molecular weight excluding hydrogens is 294 g/mol. The lowest BCUT2D eigenvalue weighted by Gasteiger charge is -2.35. The molecule has 1 aliphatic heterocycles. The third kappa shape index (κ3) is 3.51. The number of halogens is 1. The first-order valence-electron chi connectivity index (χ1n) is 6.94. The predicted octanol–water partition coefficient (Wildman–Crippen LogP) is 2.46. The van der Waals surface area contributed by atoms with Crippen LogP contribution in [-0.2, 0) is 0 Å². The average molecular weight is 312 g/mol. The molecule has 1 atom stereocenters. The number of hydrogen-bond donors (Lipinski definition) is 1. The second-order valence-corrected chi connectivity index (χ2v) is 5.56. The molecule has 0 radical (unpaired) electrons. The van der Waals surface area contributed by atoms with Crippen molar-refractivity contribution in [3.8, 4) is 0 Å². The lowest BCUT2D eigenvalue weighted by atomic mass is 10.00. The molecule has 0 spiro atoms. The molecule has 7 heteroatoms. The van der Waals surface area contributed by atoms with E-state index in [-0.39, 0.29) is 23.2 Å². The van der Waals surface area contributed by atoms with Gasteiger partial charge in [-0.15, -0.1) is 0 Å². The first-order valence-corrected chi connectivity index (χ1v) is 7.32. The van der Waals surface area contributed by atoms with Gasteiger partial charge in [-0.1, -0.05) is 11.6 Å². The summed E-state index contributed by atoms with van der Waals surface area (Å²) in [6, 6.07) is 4.16. The Hall–Kier alpha value is -1.66. The van der Waals surface area contributed by atoms with E-state index in [1.165, 1.54) is 18.2 Å². The second-order valence-electron chi connectivity index (χ2n) is 5.12. The van der Waals surface area contributed by atoms with E-state index >= 15 is 0 Å². The van der Waals surface area contributed by atoms with Crippen LogP contribution in [0, 0.1) is 10.1 Å². The van der Waals surface area contributed by atoms with Crippen molar-refractivity contribution in [1.82, 2.24) is 10.2 Å². The number of carbonyl (C=O) groups is 1. The fraction of sp³-hybridized carbons (Fsp3) is 0.500. The Kier molecular flexibility index (Phi) is 5.14. The maximum absolute atomic E-state index is 12.7.